The molecule has 0 atom stereocenters. The molecular weight excluding hydrogens is 353 g/mol. The number of amides is 1. The summed E-state index contributed by atoms with van der Waals surface area (Å²) < 4.78 is 13.7. The van der Waals surface area contributed by atoms with Crippen LogP contribution in [0.2, 0.25) is 5.02 Å². The van der Waals surface area contributed by atoms with Gasteiger partial charge in [-0.05, 0) is 24.3 Å². The number of carbonyl (C=O) groups excluding carboxylic acids is 1. The summed E-state index contributed by atoms with van der Waals surface area (Å²) in [5.74, 6) is -0.272. The molecule has 3 rings (SSSR count). The van der Waals surface area contributed by atoms with Crippen molar-refractivity contribution in [2.75, 3.05) is 44.7 Å². The second-order valence-electron chi connectivity index (χ2n) is 6.58. The van der Waals surface area contributed by atoms with Crippen molar-refractivity contribution in [1.29, 1.82) is 0 Å². The predicted octanol–water partition coefficient (Wildman–Crippen LogP) is 3.26. The van der Waals surface area contributed by atoms with E-state index >= 15 is 0 Å². The number of halogens is 2. The largest absolute Gasteiger partial charge is 0.369 e. The first-order chi connectivity index (χ1) is 12.5. The minimum atomic E-state index is -0.276. The Morgan fingerprint density at radius 2 is 1.85 bits per heavy atom. The van der Waals surface area contributed by atoms with Crippen LogP contribution in [-0.4, -0.2) is 55.5 Å². The van der Waals surface area contributed by atoms with Crippen LogP contribution in [-0.2, 0) is 11.3 Å². The lowest BCUT2D eigenvalue weighted by Crippen LogP contribution is -2.49. The maximum Gasteiger partial charge on any atom is 0.236 e. The van der Waals surface area contributed by atoms with Crippen LogP contribution in [0.1, 0.15) is 5.56 Å². The third-order valence-corrected chi connectivity index (χ3v) is 4.93. The average Bonchev–Trinajstić information content (AvgIpc) is 2.64. The summed E-state index contributed by atoms with van der Waals surface area (Å²) in [6.45, 7) is 3.97. The molecule has 1 aliphatic heterocycles. The van der Waals surface area contributed by atoms with Crippen LogP contribution in [0.5, 0.6) is 0 Å². The Labute approximate surface area is 158 Å². The van der Waals surface area contributed by atoms with Crippen LogP contribution < -0.4 is 4.90 Å². The van der Waals surface area contributed by atoms with Crippen molar-refractivity contribution < 1.29 is 9.18 Å². The van der Waals surface area contributed by atoms with Crippen molar-refractivity contribution in [3.63, 3.8) is 0 Å². The number of benzene rings is 2. The van der Waals surface area contributed by atoms with Crippen molar-refractivity contribution in [2.45, 2.75) is 6.54 Å². The lowest BCUT2D eigenvalue weighted by molar-refractivity contribution is -0.131. The van der Waals surface area contributed by atoms with Gasteiger partial charge in [0.15, 0.2) is 0 Å². The van der Waals surface area contributed by atoms with Gasteiger partial charge in [0.1, 0.15) is 5.82 Å². The van der Waals surface area contributed by atoms with Crippen molar-refractivity contribution in [3.05, 3.63) is 64.9 Å². The van der Waals surface area contributed by atoms with Gasteiger partial charge in [0, 0.05) is 56.0 Å². The number of hydrogen-bond donors (Lipinski definition) is 0. The van der Waals surface area contributed by atoms with E-state index in [1.54, 1.807) is 30.1 Å². The molecule has 0 unspecified atom stereocenters. The number of hydrogen-bond acceptors (Lipinski definition) is 3. The first kappa shape index (κ1) is 18.7. The minimum absolute atomic E-state index is 0.00413. The van der Waals surface area contributed by atoms with Crippen LogP contribution in [0.15, 0.2) is 48.5 Å². The van der Waals surface area contributed by atoms with Crippen molar-refractivity contribution >= 4 is 23.2 Å². The number of carbonyl (C=O) groups is 1. The summed E-state index contributed by atoms with van der Waals surface area (Å²) in [6, 6.07) is 14.4. The van der Waals surface area contributed by atoms with Crippen LogP contribution in [0.4, 0.5) is 10.1 Å². The van der Waals surface area contributed by atoms with Crippen LogP contribution in [0.25, 0.3) is 0 Å². The fourth-order valence-corrected chi connectivity index (χ4v) is 3.30. The Kier molecular flexibility index (Phi) is 6.12. The summed E-state index contributed by atoms with van der Waals surface area (Å²) in [5.41, 5.74) is 1.65. The van der Waals surface area contributed by atoms with E-state index in [1.165, 1.54) is 6.07 Å². The zero-order chi connectivity index (χ0) is 18.5. The molecule has 2 aromatic rings. The molecule has 0 N–H and O–H groups in total. The second kappa shape index (κ2) is 8.52. The molecule has 1 saturated heterocycles. The third-order valence-electron chi connectivity index (χ3n) is 4.70. The van der Waals surface area contributed by atoms with Gasteiger partial charge in [-0.15, -0.1) is 0 Å². The van der Waals surface area contributed by atoms with E-state index in [9.17, 15) is 9.18 Å². The van der Waals surface area contributed by atoms with E-state index in [0.29, 0.717) is 12.1 Å². The van der Waals surface area contributed by atoms with E-state index in [4.69, 9.17) is 11.6 Å². The maximum absolute atomic E-state index is 13.7. The highest BCUT2D eigenvalue weighted by Crippen LogP contribution is 2.20. The quantitative estimate of drug-likeness (QED) is 0.802. The Bertz CT molecular complexity index is 762. The molecule has 1 amide bonds. The van der Waals surface area contributed by atoms with E-state index in [0.717, 1.165) is 36.9 Å². The Hall–Kier alpha value is -2.11. The van der Waals surface area contributed by atoms with Crippen molar-refractivity contribution in [3.8, 4) is 0 Å². The number of likely N-dealkylation sites (N-methyl/N-ethyl adjacent to an activating group) is 1. The van der Waals surface area contributed by atoms with Gasteiger partial charge >= 0.3 is 0 Å². The summed E-state index contributed by atoms with van der Waals surface area (Å²) in [5, 5.41) is 0.731. The molecule has 0 aliphatic carbocycles. The van der Waals surface area contributed by atoms with E-state index in [-0.39, 0.29) is 18.3 Å². The molecule has 0 spiro atoms. The number of piperazine rings is 1. The molecule has 6 heteroatoms. The zero-order valence-corrected chi connectivity index (χ0v) is 15.6. The SMILES string of the molecule is CN(Cc1ccccc1F)C(=O)CN1CCN(c2cccc(Cl)c2)CC1. The summed E-state index contributed by atoms with van der Waals surface area (Å²) in [6.07, 6.45) is 0. The zero-order valence-electron chi connectivity index (χ0n) is 14.9. The molecule has 138 valence electrons. The molecule has 0 radical (unpaired) electrons. The van der Waals surface area contributed by atoms with Gasteiger partial charge in [-0.2, -0.15) is 0 Å². The van der Waals surface area contributed by atoms with E-state index in [2.05, 4.69) is 15.9 Å². The number of rotatable bonds is 5. The van der Waals surface area contributed by atoms with Crippen LogP contribution in [0.3, 0.4) is 0 Å². The minimum Gasteiger partial charge on any atom is -0.369 e. The van der Waals surface area contributed by atoms with Gasteiger partial charge < -0.3 is 9.80 Å². The normalized spacial score (nSPS) is 15.1. The van der Waals surface area contributed by atoms with Gasteiger partial charge in [-0.1, -0.05) is 35.9 Å². The van der Waals surface area contributed by atoms with Crippen molar-refractivity contribution in [2.24, 2.45) is 0 Å². The fraction of sp³-hybridized carbons (Fsp3) is 0.350. The summed E-state index contributed by atoms with van der Waals surface area (Å²) in [4.78, 5) is 18.5. The molecule has 0 saturated carbocycles. The van der Waals surface area contributed by atoms with Gasteiger partial charge in [-0.25, -0.2) is 4.39 Å². The van der Waals surface area contributed by atoms with E-state index < -0.39 is 0 Å². The third kappa shape index (κ3) is 4.74. The highest BCUT2D eigenvalue weighted by molar-refractivity contribution is 6.30. The topological polar surface area (TPSA) is 26.8 Å². The van der Waals surface area contributed by atoms with E-state index in [1.807, 2.05) is 18.2 Å². The first-order valence-corrected chi connectivity index (χ1v) is 9.11. The molecule has 0 aromatic heterocycles. The van der Waals surface area contributed by atoms with Gasteiger partial charge in [-0.3, -0.25) is 9.69 Å². The Morgan fingerprint density at radius 3 is 2.54 bits per heavy atom. The molecule has 4 nitrogen and oxygen atoms in total. The van der Waals surface area contributed by atoms with Crippen LogP contribution >= 0.6 is 11.6 Å². The maximum atomic E-state index is 13.7. The highest BCUT2D eigenvalue weighted by atomic mass is 35.5. The molecule has 2 aromatic carbocycles. The predicted molar refractivity (Wildman–Crippen MR) is 103 cm³/mol. The standard InChI is InChI=1S/C20H23ClFN3O/c1-23(14-16-5-2-3-8-19(16)22)20(26)15-24-9-11-25(12-10-24)18-7-4-6-17(21)13-18/h2-8,13H,9-12,14-15H2,1H3. The summed E-state index contributed by atoms with van der Waals surface area (Å²) >= 11 is 6.06. The average molecular weight is 376 g/mol. The molecule has 1 heterocycles. The van der Waals surface area contributed by atoms with Gasteiger partial charge in [0.2, 0.25) is 5.91 Å². The molecule has 1 aliphatic rings. The number of nitrogens with zero attached hydrogens (tertiary/aromatic N) is 3. The smallest absolute Gasteiger partial charge is 0.236 e. The van der Waals surface area contributed by atoms with Crippen LogP contribution in [0, 0.1) is 5.82 Å². The Balaban J connectivity index is 1.49. The van der Waals surface area contributed by atoms with Crippen molar-refractivity contribution in [1.82, 2.24) is 9.80 Å². The van der Waals surface area contributed by atoms with Gasteiger partial charge in [0.25, 0.3) is 0 Å². The second-order valence-corrected chi connectivity index (χ2v) is 7.02. The lowest BCUT2D eigenvalue weighted by atomic mass is 10.2. The monoisotopic (exact) mass is 375 g/mol. The lowest BCUT2D eigenvalue weighted by Gasteiger charge is -2.36. The Morgan fingerprint density at radius 1 is 1.12 bits per heavy atom. The first-order valence-electron chi connectivity index (χ1n) is 8.73. The van der Waals surface area contributed by atoms with Gasteiger partial charge in [0.05, 0.1) is 6.54 Å². The molecular formula is C20H23ClFN3O. The fourth-order valence-electron chi connectivity index (χ4n) is 3.12. The molecule has 0 bridgehead atoms. The highest BCUT2D eigenvalue weighted by Gasteiger charge is 2.21. The number of anilines is 1. The molecule has 1 fully saturated rings. The summed E-state index contributed by atoms with van der Waals surface area (Å²) in [7, 11) is 1.72. The molecule has 26 heavy (non-hydrogen) atoms.